The van der Waals surface area contributed by atoms with Crippen LogP contribution in [0.25, 0.3) is 11.0 Å². The van der Waals surface area contributed by atoms with Gasteiger partial charge in [-0.2, -0.15) is 13.2 Å². The topological polar surface area (TPSA) is 73.9 Å². The average Bonchev–Trinajstić information content (AvgIpc) is 2.98. The first-order valence-electron chi connectivity index (χ1n) is 7.00. The molecule has 130 valence electrons. The Bertz CT molecular complexity index is 759. The van der Waals surface area contributed by atoms with Crippen molar-refractivity contribution in [2.45, 2.75) is 18.6 Å². The number of piperazine rings is 1. The van der Waals surface area contributed by atoms with Crippen LogP contribution in [-0.2, 0) is 6.18 Å². The lowest BCUT2D eigenvalue weighted by Crippen LogP contribution is -2.56. The summed E-state index contributed by atoms with van der Waals surface area (Å²) in [4.78, 5) is 22.7. The summed E-state index contributed by atoms with van der Waals surface area (Å²) >= 11 is 0. The molecule has 1 fully saturated rings. The maximum absolute atomic E-state index is 13.1. The van der Waals surface area contributed by atoms with E-state index in [0.717, 1.165) is 17.3 Å². The van der Waals surface area contributed by atoms with Gasteiger partial charge in [0.05, 0.1) is 17.3 Å². The van der Waals surface area contributed by atoms with Crippen LogP contribution in [-0.4, -0.2) is 57.9 Å². The van der Waals surface area contributed by atoms with Crippen LogP contribution in [0.4, 0.5) is 22.0 Å². The minimum atomic E-state index is -4.72. The van der Waals surface area contributed by atoms with Crippen LogP contribution in [0, 0.1) is 0 Å². The zero-order valence-electron chi connectivity index (χ0n) is 12.1. The highest BCUT2D eigenvalue weighted by molar-refractivity contribution is 6.04. The monoisotopic (exact) mass is 349 g/mol. The van der Waals surface area contributed by atoms with E-state index in [0.29, 0.717) is 6.54 Å². The summed E-state index contributed by atoms with van der Waals surface area (Å²) in [6.07, 6.45) is -5.37. The predicted molar refractivity (Wildman–Crippen MR) is 72.6 cm³/mol. The summed E-state index contributed by atoms with van der Waals surface area (Å²) in [6.45, 7) is 0.231. The molecular formula is C13H12F5N5O. The lowest BCUT2D eigenvalue weighted by molar-refractivity contribution is -0.144. The van der Waals surface area contributed by atoms with E-state index in [-0.39, 0.29) is 29.7 Å². The maximum atomic E-state index is 13.1. The van der Waals surface area contributed by atoms with Crippen molar-refractivity contribution in [2.75, 3.05) is 19.6 Å². The zero-order valence-corrected chi connectivity index (χ0v) is 12.1. The Morgan fingerprint density at radius 2 is 2.08 bits per heavy atom. The van der Waals surface area contributed by atoms with Crippen molar-refractivity contribution in [2.24, 2.45) is 0 Å². The third-order valence-corrected chi connectivity index (χ3v) is 3.73. The average molecular weight is 349 g/mol. The van der Waals surface area contributed by atoms with E-state index in [9.17, 15) is 26.7 Å². The highest BCUT2D eigenvalue weighted by Gasteiger charge is 2.37. The van der Waals surface area contributed by atoms with E-state index in [1.165, 1.54) is 0 Å². The molecule has 6 nitrogen and oxygen atoms in total. The lowest BCUT2D eigenvalue weighted by atomic mass is 10.1. The molecule has 1 aliphatic heterocycles. The standard InChI is InChI=1S/C13H12F5N5O/c14-10(15)8-5-19-1-2-23(8)11(24)6-3-20-4-7-9(6)22-12(21-7)13(16,17)18/h3-4,8,10,19H,1-2,5H2,(H,21,22). The molecule has 3 rings (SSSR count). The van der Waals surface area contributed by atoms with Crippen LogP contribution < -0.4 is 5.32 Å². The van der Waals surface area contributed by atoms with Crippen LogP contribution in [0.5, 0.6) is 0 Å². The Morgan fingerprint density at radius 3 is 2.75 bits per heavy atom. The fraction of sp³-hybridized carbons (Fsp3) is 0.462. The van der Waals surface area contributed by atoms with Crippen molar-refractivity contribution in [1.82, 2.24) is 25.2 Å². The van der Waals surface area contributed by atoms with Gasteiger partial charge in [0.1, 0.15) is 11.6 Å². The number of amides is 1. The van der Waals surface area contributed by atoms with E-state index in [1.807, 2.05) is 4.98 Å². The maximum Gasteiger partial charge on any atom is 0.449 e. The van der Waals surface area contributed by atoms with E-state index >= 15 is 0 Å². The normalized spacial score (nSPS) is 19.2. The van der Waals surface area contributed by atoms with Crippen LogP contribution in [0.1, 0.15) is 16.2 Å². The van der Waals surface area contributed by atoms with Gasteiger partial charge < -0.3 is 15.2 Å². The number of hydrogen-bond acceptors (Lipinski definition) is 4. The molecular weight excluding hydrogens is 337 g/mol. The Hall–Kier alpha value is -2.30. The minimum Gasteiger partial charge on any atom is -0.333 e. The molecule has 0 bridgehead atoms. The number of carbonyl (C=O) groups is 1. The second-order valence-corrected chi connectivity index (χ2v) is 5.27. The first-order chi connectivity index (χ1) is 11.3. The summed E-state index contributed by atoms with van der Waals surface area (Å²) in [7, 11) is 0. The number of hydrogen-bond donors (Lipinski definition) is 2. The third-order valence-electron chi connectivity index (χ3n) is 3.73. The van der Waals surface area contributed by atoms with Crippen LogP contribution >= 0.6 is 0 Å². The van der Waals surface area contributed by atoms with Crippen molar-refractivity contribution >= 4 is 16.9 Å². The number of pyridine rings is 1. The molecule has 3 heterocycles. The number of nitrogens with one attached hydrogen (secondary N) is 2. The first-order valence-corrected chi connectivity index (χ1v) is 7.00. The Balaban J connectivity index is 2.02. The van der Waals surface area contributed by atoms with E-state index in [2.05, 4.69) is 15.3 Å². The van der Waals surface area contributed by atoms with Crippen molar-refractivity contribution < 1.29 is 26.7 Å². The number of aromatic amines is 1. The molecule has 11 heteroatoms. The molecule has 2 aromatic heterocycles. The molecule has 0 spiro atoms. The van der Waals surface area contributed by atoms with Crippen molar-refractivity contribution in [3.63, 3.8) is 0 Å². The van der Waals surface area contributed by atoms with Crippen molar-refractivity contribution in [3.05, 3.63) is 23.8 Å². The van der Waals surface area contributed by atoms with Crippen LogP contribution in [0.3, 0.4) is 0 Å². The number of rotatable bonds is 2. The van der Waals surface area contributed by atoms with Gasteiger partial charge in [-0.1, -0.05) is 0 Å². The largest absolute Gasteiger partial charge is 0.449 e. The summed E-state index contributed by atoms with van der Waals surface area (Å²) in [5.74, 6) is -2.09. The summed E-state index contributed by atoms with van der Waals surface area (Å²) < 4.78 is 64.5. The van der Waals surface area contributed by atoms with Gasteiger partial charge >= 0.3 is 6.18 Å². The Labute approximate surface area is 132 Å². The molecule has 1 atom stereocenters. The number of carbonyl (C=O) groups excluding carboxylic acids is 1. The second-order valence-electron chi connectivity index (χ2n) is 5.27. The molecule has 0 saturated carbocycles. The Kier molecular flexibility index (Phi) is 4.11. The molecule has 1 saturated heterocycles. The molecule has 1 amide bonds. The van der Waals surface area contributed by atoms with Gasteiger partial charge in [-0.3, -0.25) is 9.78 Å². The van der Waals surface area contributed by atoms with Gasteiger partial charge in [0.2, 0.25) is 5.82 Å². The number of aromatic nitrogens is 3. The number of fused-ring (bicyclic) bond motifs is 1. The molecule has 1 unspecified atom stereocenters. The van der Waals surface area contributed by atoms with Crippen molar-refractivity contribution in [1.29, 1.82) is 0 Å². The Morgan fingerprint density at radius 1 is 1.33 bits per heavy atom. The van der Waals surface area contributed by atoms with Gasteiger partial charge in [0.25, 0.3) is 12.3 Å². The number of H-pyrrole nitrogens is 1. The van der Waals surface area contributed by atoms with E-state index in [1.54, 1.807) is 0 Å². The lowest BCUT2D eigenvalue weighted by Gasteiger charge is -2.35. The number of alkyl halides is 5. The SMILES string of the molecule is O=C(c1cncc2[nH]c(C(F)(F)F)nc12)N1CCNCC1C(F)F. The van der Waals surface area contributed by atoms with Crippen LogP contribution in [0.2, 0.25) is 0 Å². The number of halogens is 5. The highest BCUT2D eigenvalue weighted by Crippen LogP contribution is 2.29. The molecule has 2 N–H and O–H groups in total. The molecule has 1 aliphatic rings. The minimum absolute atomic E-state index is 0.0147. The molecule has 0 radical (unpaired) electrons. The smallest absolute Gasteiger partial charge is 0.333 e. The van der Waals surface area contributed by atoms with Gasteiger partial charge in [-0.25, -0.2) is 13.8 Å². The van der Waals surface area contributed by atoms with Gasteiger partial charge in [-0.05, 0) is 0 Å². The predicted octanol–water partition coefficient (Wildman–Crippen LogP) is 1.66. The van der Waals surface area contributed by atoms with Crippen LogP contribution in [0.15, 0.2) is 12.4 Å². The van der Waals surface area contributed by atoms with E-state index in [4.69, 9.17) is 0 Å². The van der Waals surface area contributed by atoms with E-state index < -0.39 is 30.4 Å². The number of imidazole rings is 1. The molecule has 2 aromatic rings. The highest BCUT2D eigenvalue weighted by atomic mass is 19.4. The fourth-order valence-corrected chi connectivity index (χ4v) is 2.58. The summed E-state index contributed by atoms with van der Waals surface area (Å²) in [5.41, 5.74) is -0.572. The number of nitrogens with zero attached hydrogens (tertiary/aromatic N) is 3. The molecule has 0 aliphatic carbocycles. The van der Waals surface area contributed by atoms with Gasteiger partial charge in [0, 0.05) is 25.8 Å². The fourth-order valence-electron chi connectivity index (χ4n) is 2.58. The summed E-state index contributed by atoms with van der Waals surface area (Å²) in [6, 6.07) is -1.36. The second kappa shape index (κ2) is 5.96. The third kappa shape index (κ3) is 2.90. The van der Waals surface area contributed by atoms with Gasteiger partial charge in [0.15, 0.2) is 0 Å². The zero-order chi connectivity index (χ0) is 17.5. The summed E-state index contributed by atoms with van der Waals surface area (Å²) in [5, 5.41) is 2.75. The quantitative estimate of drug-likeness (QED) is 0.809. The molecule has 24 heavy (non-hydrogen) atoms. The molecule has 0 aromatic carbocycles. The first kappa shape index (κ1) is 16.6. The van der Waals surface area contributed by atoms with Gasteiger partial charge in [-0.15, -0.1) is 0 Å². The van der Waals surface area contributed by atoms with Crippen molar-refractivity contribution in [3.8, 4) is 0 Å².